The molecule has 1 aliphatic heterocycles. The van der Waals surface area contributed by atoms with Crippen molar-refractivity contribution in [3.05, 3.63) is 59.9 Å². The summed E-state index contributed by atoms with van der Waals surface area (Å²) >= 11 is 0. The molecule has 4 rings (SSSR count). The van der Waals surface area contributed by atoms with Gasteiger partial charge in [0.25, 0.3) is 11.8 Å². The molecule has 2 heterocycles. The van der Waals surface area contributed by atoms with E-state index in [0.717, 1.165) is 18.4 Å². The summed E-state index contributed by atoms with van der Waals surface area (Å²) in [5.74, 6) is 2.36. The number of para-hydroxylation sites is 1. The molecule has 7 nitrogen and oxygen atoms in total. The van der Waals surface area contributed by atoms with E-state index in [1.54, 1.807) is 32.4 Å². The van der Waals surface area contributed by atoms with E-state index in [-0.39, 0.29) is 11.8 Å². The Balaban J connectivity index is 1.44. The predicted molar refractivity (Wildman–Crippen MR) is 107 cm³/mol. The summed E-state index contributed by atoms with van der Waals surface area (Å²) in [6, 6.07) is 15.1. The molecule has 0 radical (unpaired) electrons. The number of piperidine rings is 1. The number of aromatic nitrogens is 2. The first-order chi connectivity index (χ1) is 14.2. The van der Waals surface area contributed by atoms with E-state index in [2.05, 4.69) is 10.1 Å². The first-order valence-corrected chi connectivity index (χ1v) is 9.60. The SMILES string of the molecule is COc1cccc(C(=O)N2CCC(c3noc(-c4ccccc4)n3)CC2)c1OC. The average molecular weight is 393 g/mol. The quantitative estimate of drug-likeness (QED) is 0.657. The van der Waals surface area contributed by atoms with E-state index >= 15 is 0 Å². The monoisotopic (exact) mass is 393 g/mol. The van der Waals surface area contributed by atoms with E-state index in [4.69, 9.17) is 14.0 Å². The van der Waals surface area contributed by atoms with Gasteiger partial charge in [-0.2, -0.15) is 4.98 Å². The highest BCUT2D eigenvalue weighted by atomic mass is 16.5. The molecule has 0 saturated carbocycles. The summed E-state index contributed by atoms with van der Waals surface area (Å²) < 4.78 is 16.1. The first kappa shape index (κ1) is 19.0. The van der Waals surface area contributed by atoms with Crippen LogP contribution in [0.4, 0.5) is 0 Å². The molecule has 7 heteroatoms. The fourth-order valence-electron chi connectivity index (χ4n) is 3.67. The molecule has 1 aliphatic rings. The lowest BCUT2D eigenvalue weighted by Gasteiger charge is -2.31. The number of amides is 1. The lowest BCUT2D eigenvalue weighted by Crippen LogP contribution is -2.38. The topological polar surface area (TPSA) is 77.7 Å². The second kappa shape index (κ2) is 8.34. The number of carbonyl (C=O) groups excluding carboxylic acids is 1. The second-order valence-electron chi connectivity index (χ2n) is 6.93. The Morgan fingerprint density at radius 2 is 1.79 bits per heavy atom. The molecule has 0 bridgehead atoms. The number of benzene rings is 2. The van der Waals surface area contributed by atoms with Crippen LogP contribution in [0, 0.1) is 0 Å². The van der Waals surface area contributed by atoms with Gasteiger partial charge in [0.2, 0.25) is 0 Å². The van der Waals surface area contributed by atoms with Gasteiger partial charge in [-0.1, -0.05) is 29.4 Å². The predicted octanol–water partition coefficient (Wildman–Crippen LogP) is 3.77. The minimum Gasteiger partial charge on any atom is -0.493 e. The lowest BCUT2D eigenvalue weighted by molar-refractivity contribution is 0.0706. The highest BCUT2D eigenvalue weighted by Crippen LogP contribution is 2.33. The van der Waals surface area contributed by atoms with Gasteiger partial charge in [-0.05, 0) is 37.1 Å². The Hall–Kier alpha value is -3.35. The van der Waals surface area contributed by atoms with E-state index < -0.39 is 0 Å². The molecule has 1 aromatic heterocycles. The summed E-state index contributed by atoms with van der Waals surface area (Å²) in [6.45, 7) is 1.25. The largest absolute Gasteiger partial charge is 0.493 e. The molecule has 1 saturated heterocycles. The third-order valence-corrected chi connectivity index (χ3v) is 5.24. The van der Waals surface area contributed by atoms with Crippen molar-refractivity contribution in [2.75, 3.05) is 27.3 Å². The molecule has 0 spiro atoms. The number of likely N-dealkylation sites (tertiary alicyclic amines) is 1. The summed E-state index contributed by atoms with van der Waals surface area (Å²) in [4.78, 5) is 19.4. The van der Waals surface area contributed by atoms with Crippen LogP contribution in [0.1, 0.15) is 34.9 Å². The average Bonchev–Trinajstić information content (AvgIpc) is 3.29. The molecule has 1 amide bonds. The Labute approximate surface area is 169 Å². The van der Waals surface area contributed by atoms with E-state index in [9.17, 15) is 4.79 Å². The molecule has 3 aromatic rings. The fourth-order valence-corrected chi connectivity index (χ4v) is 3.67. The van der Waals surface area contributed by atoms with E-state index in [1.807, 2.05) is 35.2 Å². The van der Waals surface area contributed by atoms with Crippen molar-refractivity contribution in [2.24, 2.45) is 0 Å². The highest BCUT2D eigenvalue weighted by Gasteiger charge is 2.29. The Morgan fingerprint density at radius 3 is 2.48 bits per heavy atom. The Kier molecular flexibility index (Phi) is 5.46. The normalized spacial score (nSPS) is 14.6. The maximum Gasteiger partial charge on any atom is 0.257 e. The van der Waals surface area contributed by atoms with Gasteiger partial charge in [0.1, 0.15) is 0 Å². The van der Waals surface area contributed by atoms with Gasteiger partial charge in [-0.25, -0.2) is 0 Å². The van der Waals surface area contributed by atoms with Gasteiger partial charge in [0.15, 0.2) is 17.3 Å². The van der Waals surface area contributed by atoms with Crippen molar-refractivity contribution < 1.29 is 18.8 Å². The summed E-state index contributed by atoms with van der Waals surface area (Å²) in [7, 11) is 3.10. The highest BCUT2D eigenvalue weighted by molar-refractivity contribution is 5.97. The zero-order valence-corrected chi connectivity index (χ0v) is 16.5. The molecular formula is C22H23N3O4. The molecule has 1 fully saturated rings. The van der Waals surface area contributed by atoms with Crippen LogP contribution in [0.25, 0.3) is 11.5 Å². The van der Waals surface area contributed by atoms with Gasteiger partial charge in [0.05, 0.1) is 19.8 Å². The van der Waals surface area contributed by atoms with Crippen LogP contribution in [-0.4, -0.2) is 48.3 Å². The van der Waals surface area contributed by atoms with Crippen molar-refractivity contribution in [2.45, 2.75) is 18.8 Å². The molecule has 2 aromatic carbocycles. The van der Waals surface area contributed by atoms with Crippen molar-refractivity contribution >= 4 is 5.91 Å². The van der Waals surface area contributed by atoms with Crippen LogP contribution in [0.15, 0.2) is 53.1 Å². The Morgan fingerprint density at radius 1 is 1.03 bits per heavy atom. The van der Waals surface area contributed by atoms with Gasteiger partial charge < -0.3 is 18.9 Å². The minimum absolute atomic E-state index is 0.0581. The number of hydrogen-bond acceptors (Lipinski definition) is 6. The third-order valence-electron chi connectivity index (χ3n) is 5.24. The fraction of sp³-hybridized carbons (Fsp3) is 0.318. The molecule has 0 atom stereocenters. The number of methoxy groups -OCH3 is 2. The molecule has 150 valence electrons. The molecular weight excluding hydrogens is 370 g/mol. The van der Waals surface area contributed by atoms with Crippen LogP contribution in [0.3, 0.4) is 0 Å². The molecule has 0 unspecified atom stereocenters. The zero-order valence-electron chi connectivity index (χ0n) is 16.5. The molecule has 29 heavy (non-hydrogen) atoms. The number of carbonyl (C=O) groups is 1. The van der Waals surface area contributed by atoms with Gasteiger partial charge in [0, 0.05) is 24.6 Å². The van der Waals surface area contributed by atoms with Crippen LogP contribution >= 0.6 is 0 Å². The third kappa shape index (κ3) is 3.81. The van der Waals surface area contributed by atoms with Crippen LogP contribution in [0.5, 0.6) is 11.5 Å². The number of hydrogen-bond donors (Lipinski definition) is 0. The minimum atomic E-state index is -0.0581. The van der Waals surface area contributed by atoms with Crippen molar-refractivity contribution in [1.29, 1.82) is 0 Å². The Bertz CT molecular complexity index is 979. The van der Waals surface area contributed by atoms with E-state index in [0.29, 0.717) is 41.9 Å². The first-order valence-electron chi connectivity index (χ1n) is 9.60. The van der Waals surface area contributed by atoms with Crippen molar-refractivity contribution in [3.63, 3.8) is 0 Å². The number of nitrogens with zero attached hydrogens (tertiary/aromatic N) is 3. The standard InChI is InChI=1S/C22H23N3O4/c1-27-18-10-6-9-17(19(18)28-2)22(26)25-13-11-15(12-14-25)20-23-21(29-24-20)16-7-4-3-5-8-16/h3-10,15H,11-14H2,1-2H3. The molecule has 0 N–H and O–H groups in total. The van der Waals surface area contributed by atoms with Crippen LogP contribution in [-0.2, 0) is 0 Å². The van der Waals surface area contributed by atoms with Gasteiger partial charge in [-0.15, -0.1) is 0 Å². The number of ether oxygens (including phenoxy) is 2. The molecule has 0 aliphatic carbocycles. The second-order valence-corrected chi connectivity index (χ2v) is 6.93. The maximum absolute atomic E-state index is 13.0. The summed E-state index contributed by atoms with van der Waals surface area (Å²) in [6.07, 6.45) is 1.57. The van der Waals surface area contributed by atoms with E-state index in [1.165, 1.54) is 0 Å². The summed E-state index contributed by atoms with van der Waals surface area (Å²) in [5, 5.41) is 4.17. The smallest absolute Gasteiger partial charge is 0.257 e. The van der Waals surface area contributed by atoms with Crippen LogP contribution in [0.2, 0.25) is 0 Å². The van der Waals surface area contributed by atoms with Crippen LogP contribution < -0.4 is 9.47 Å². The summed E-state index contributed by atoms with van der Waals surface area (Å²) in [5.41, 5.74) is 1.42. The van der Waals surface area contributed by atoms with Crippen molar-refractivity contribution in [3.8, 4) is 23.0 Å². The maximum atomic E-state index is 13.0. The van der Waals surface area contributed by atoms with Crippen molar-refractivity contribution in [1.82, 2.24) is 15.0 Å². The number of rotatable bonds is 5. The zero-order chi connectivity index (χ0) is 20.2. The van der Waals surface area contributed by atoms with Gasteiger partial charge in [-0.3, -0.25) is 4.79 Å². The van der Waals surface area contributed by atoms with Gasteiger partial charge >= 0.3 is 0 Å². The lowest BCUT2D eigenvalue weighted by atomic mass is 9.95.